The van der Waals surface area contributed by atoms with Gasteiger partial charge in [0.2, 0.25) is 5.91 Å². The van der Waals surface area contributed by atoms with E-state index in [9.17, 15) is 9.59 Å². The second-order valence-electron chi connectivity index (χ2n) is 4.77. The van der Waals surface area contributed by atoms with Gasteiger partial charge in [0.25, 0.3) is 0 Å². The van der Waals surface area contributed by atoms with E-state index in [1.807, 2.05) is 7.05 Å². The van der Waals surface area contributed by atoms with Crippen molar-refractivity contribution in [1.29, 1.82) is 0 Å². The van der Waals surface area contributed by atoms with Crippen LogP contribution in [0.25, 0.3) is 0 Å². The molecule has 1 amide bonds. The van der Waals surface area contributed by atoms with Crippen molar-refractivity contribution < 1.29 is 14.7 Å². The minimum atomic E-state index is -1.07. The second kappa shape index (κ2) is 5.59. The minimum Gasteiger partial charge on any atom is -0.478 e. The van der Waals surface area contributed by atoms with E-state index >= 15 is 0 Å². The van der Waals surface area contributed by atoms with Crippen LogP contribution in [0.15, 0.2) is 18.2 Å². The quantitative estimate of drug-likeness (QED) is 0.889. The molecule has 1 atom stereocenters. The summed E-state index contributed by atoms with van der Waals surface area (Å²) in [4.78, 5) is 25.0. The lowest BCUT2D eigenvalue weighted by Crippen LogP contribution is -2.25. The molecule has 0 aromatic heterocycles. The van der Waals surface area contributed by atoms with Gasteiger partial charge in [-0.1, -0.05) is 11.6 Å². The molecule has 0 bridgehead atoms. The van der Waals surface area contributed by atoms with Gasteiger partial charge >= 0.3 is 5.97 Å². The van der Waals surface area contributed by atoms with Gasteiger partial charge in [-0.05, 0) is 38.2 Å². The molecule has 2 N–H and O–H groups in total. The van der Waals surface area contributed by atoms with Crippen LogP contribution >= 0.6 is 11.6 Å². The molecule has 2 rings (SSSR count). The molecule has 19 heavy (non-hydrogen) atoms. The summed E-state index contributed by atoms with van der Waals surface area (Å²) in [5.41, 5.74) is 0.482. The van der Waals surface area contributed by atoms with Gasteiger partial charge in [0.15, 0.2) is 0 Å². The third kappa shape index (κ3) is 3.45. The number of amides is 1. The van der Waals surface area contributed by atoms with Crippen LogP contribution in [0.4, 0.5) is 5.69 Å². The Labute approximate surface area is 116 Å². The standard InChI is InChI=1S/C13H15ClN2O3/c1-16-3-2-8(7-16)12(17)15-11-5-9(13(18)19)4-10(14)6-11/h4-6,8H,2-3,7H2,1H3,(H,15,17)(H,18,19). The Morgan fingerprint density at radius 1 is 1.42 bits per heavy atom. The van der Waals surface area contributed by atoms with Crippen LogP contribution in [0.2, 0.25) is 5.02 Å². The van der Waals surface area contributed by atoms with Crippen LogP contribution in [0.5, 0.6) is 0 Å². The number of nitrogens with one attached hydrogen (secondary N) is 1. The van der Waals surface area contributed by atoms with Crippen LogP contribution in [0.1, 0.15) is 16.8 Å². The Bertz CT molecular complexity index is 519. The SMILES string of the molecule is CN1CCC(C(=O)Nc2cc(Cl)cc(C(=O)O)c2)C1. The molecule has 1 aliphatic heterocycles. The molecule has 1 heterocycles. The van der Waals surface area contributed by atoms with Crippen molar-refractivity contribution in [2.24, 2.45) is 5.92 Å². The monoisotopic (exact) mass is 282 g/mol. The number of carboxylic acids is 1. The molecule has 1 aromatic rings. The molecule has 6 heteroatoms. The molecule has 5 nitrogen and oxygen atoms in total. The Hall–Kier alpha value is -1.59. The molecule has 1 aliphatic rings. The smallest absolute Gasteiger partial charge is 0.335 e. The normalized spacial score (nSPS) is 19.4. The third-order valence-electron chi connectivity index (χ3n) is 3.17. The summed E-state index contributed by atoms with van der Waals surface area (Å²) in [5.74, 6) is -1.22. The van der Waals surface area contributed by atoms with Gasteiger partial charge in [0.1, 0.15) is 0 Å². The maximum atomic E-state index is 12.0. The zero-order valence-electron chi connectivity index (χ0n) is 10.5. The number of nitrogens with zero attached hydrogens (tertiary/aromatic N) is 1. The third-order valence-corrected chi connectivity index (χ3v) is 3.39. The van der Waals surface area contributed by atoms with E-state index in [0.717, 1.165) is 19.5 Å². The second-order valence-corrected chi connectivity index (χ2v) is 5.21. The Balaban J connectivity index is 2.10. The largest absolute Gasteiger partial charge is 0.478 e. The van der Waals surface area contributed by atoms with Gasteiger partial charge in [0, 0.05) is 17.3 Å². The lowest BCUT2D eigenvalue weighted by molar-refractivity contribution is -0.119. The summed E-state index contributed by atoms with van der Waals surface area (Å²) >= 11 is 5.84. The first-order valence-electron chi connectivity index (χ1n) is 5.99. The number of carbonyl (C=O) groups is 2. The number of carboxylic acid groups (broad SMARTS) is 1. The topological polar surface area (TPSA) is 69.6 Å². The Kier molecular flexibility index (Phi) is 4.07. The fourth-order valence-electron chi connectivity index (χ4n) is 2.18. The van der Waals surface area contributed by atoms with Crippen molar-refractivity contribution in [2.75, 3.05) is 25.5 Å². The van der Waals surface area contributed by atoms with Gasteiger partial charge < -0.3 is 15.3 Å². The van der Waals surface area contributed by atoms with Gasteiger partial charge in [-0.3, -0.25) is 4.79 Å². The van der Waals surface area contributed by atoms with Crippen LogP contribution in [0.3, 0.4) is 0 Å². The lowest BCUT2D eigenvalue weighted by atomic mass is 10.1. The van der Waals surface area contributed by atoms with E-state index < -0.39 is 5.97 Å². The van der Waals surface area contributed by atoms with E-state index in [2.05, 4.69) is 10.2 Å². The van der Waals surface area contributed by atoms with Crippen molar-refractivity contribution in [1.82, 2.24) is 4.90 Å². The van der Waals surface area contributed by atoms with E-state index in [0.29, 0.717) is 10.7 Å². The number of hydrogen-bond acceptors (Lipinski definition) is 3. The van der Waals surface area contributed by atoms with Gasteiger partial charge in [-0.2, -0.15) is 0 Å². The predicted octanol–water partition coefficient (Wildman–Crippen LogP) is 1.93. The fraction of sp³-hybridized carbons (Fsp3) is 0.385. The Morgan fingerprint density at radius 2 is 2.16 bits per heavy atom. The summed E-state index contributed by atoms with van der Waals surface area (Å²) < 4.78 is 0. The van der Waals surface area contributed by atoms with Crippen molar-refractivity contribution in [3.63, 3.8) is 0 Å². The van der Waals surface area contributed by atoms with Crippen LogP contribution in [-0.4, -0.2) is 42.0 Å². The lowest BCUT2D eigenvalue weighted by Gasteiger charge is -2.12. The van der Waals surface area contributed by atoms with Gasteiger partial charge in [0.05, 0.1) is 11.5 Å². The molecule has 0 spiro atoms. The maximum absolute atomic E-state index is 12.0. The highest BCUT2D eigenvalue weighted by Crippen LogP contribution is 2.21. The highest BCUT2D eigenvalue weighted by Gasteiger charge is 2.26. The first-order chi connectivity index (χ1) is 8.95. The molecule has 1 aromatic carbocycles. The van der Waals surface area contributed by atoms with Crippen LogP contribution < -0.4 is 5.32 Å². The molecular formula is C13H15ClN2O3. The predicted molar refractivity (Wildman–Crippen MR) is 72.6 cm³/mol. The van der Waals surface area contributed by atoms with E-state index in [1.165, 1.54) is 12.1 Å². The number of halogens is 1. The minimum absolute atomic E-state index is 0.0581. The highest BCUT2D eigenvalue weighted by molar-refractivity contribution is 6.31. The fourth-order valence-corrected chi connectivity index (χ4v) is 2.41. The number of rotatable bonds is 3. The number of hydrogen-bond donors (Lipinski definition) is 2. The summed E-state index contributed by atoms with van der Waals surface area (Å²) in [7, 11) is 1.97. The first kappa shape index (κ1) is 13.8. The average Bonchev–Trinajstić information content (AvgIpc) is 2.75. The number of likely N-dealkylation sites (tertiary alicyclic amines) is 1. The first-order valence-corrected chi connectivity index (χ1v) is 6.37. The zero-order chi connectivity index (χ0) is 14.0. The number of benzene rings is 1. The number of carbonyl (C=O) groups excluding carboxylic acids is 1. The average molecular weight is 283 g/mol. The molecule has 102 valence electrons. The molecule has 0 aliphatic carbocycles. The number of aromatic carboxylic acids is 1. The maximum Gasteiger partial charge on any atom is 0.335 e. The highest BCUT2D eigenvalue weighted by atomic mass is 35.5. The molecule has 1 saturated heterocycles. The van der Waals surface area contributed by atoms with Crippen LogP contribution in [0, 0.1) is 5.92 Å². The van der Waals surface area contributed by atoms with Crippen molar-refractivity contribution in [3.05, 3.63) is 28.8 Å². The Morgan fingerprint density at radius 3 is 2.74 bits per heavy atom. The molecular weight excluding hydrogens is 268 g/mol. The van der Waals surface area contributed by atoms with Gasteiger partial charge in [-0.15, -0.1) is 0 Å². The van der Waals surface area contributed by atoms with E-state index in [1.54, 1.807) is 6.07 Å². The molecule has 0 radical (unpaired) electrons. The van der Waals surface area contributed by atoms with Crippen molar-refractivity contribution in [2.45, 2.75) is 6.42 Å². The zero-order valence-corrected chi connectivity index (χ0v) is 11.3. The van der Waals surface area contributed by atoms with E-state index in [-0.39, 0.29) is 17.4 Å². The van der Waals surface area contributed by atoms with Crippen molar-refractivity contribution >= 4 is 29.2 Å². The summed E-state index contributed by atoms with van der Waals surface area (Å²) in [6.07, 6.45) is 0.814. The number of anilines is 1. The summed E-state index contributed by atoms with van der Waals surface area (Å²) in [6.45, 7) is 1.62. The molecule has 1 unspecified atom stereocenters. The summed E-state index contributed by atoms with van der Waals surface area (Å²) in [5, 5.41) is 12.0. The van der Waals surface area contributed by atoms with Crippen molar-refractivity contribution in [3.8, 4) is 0 Å². The summed E-state index contributed by atoms with van der Waals surface area (Å²) in [6, 6.07) is 4.30. The van der Waals surface area contributed by atoms with Crippen LogP contribution in [-0.2, 0) is 4.79 Å². The van der Waals surface area contributed by atoms with E-state index in [4.69, 9.17) is 16.7 Å². The van der Waals surface area contributed by atoms with Gasteiger partial charge in [-0.25, -0.2) is 4.79 Å². The molecule has 1 fully saturated rings. The molecule has 0 saturated carbocycles.